The van der Waals surface area contributed by atoms with E-state index < -0.39 is 10.8 Å². The summed E-state index contributed by atoms with van der Waals surface area (Å²) in [6, 6.07) is 16.2. The predicted octanol–water partition coefficient (Wildman–Crippen LogP) is 3.98. The monoisotopic (exact) mass is 307 g/mol. The second-order valence-corrected chi connectivity index (χ2v) is 5.30. The van der Waals surface area contributed by atoms with E-state index in [4.69, 9.17) is 0 Å². The molecule has 0 heterocycles. The molecule has 0 aliphatic heterocycles. The van der Waals surface area contributed by atoms with E-state index in [1.807, 2.05) is 49.3 Å². The molecule has 23 heavy (non-hydrogen) atoms. The van der Waals surface area contributed by atoms with Crippen molar-refractivity contribution in [1.82, 2.24) is 0 Å². The van der Waals surface area contributed by atoms with Crippen molar-refractivity contribution >= 4 is 17.5 Å². The van der Waals surface area contributed by atoms with Crippen molar-refractivity contribution in [2.75, 3.05) is 19.0 Å². The van der Waals surface area contributed by atoms with Gasteiger partial charge in [0, 0.05) is 31.9 Å². The zero-order chi connectivity index (χ0) is 16.8. The van der Waals surface area contributed by atoms with E-state index in [0.717, 1.165) is 16.8 Å². The van der Waals surface area contributed by atoms with Gasteiger partial charge < -0.3 is 4.90 Å². The van der Waals surface area contributed by atoms with Crippen molar-refractivity contribution < 1.29 is 4.92 Å². The fourth-order valence-electron chi connectivity index (χ4n) is 2.12. The number of hydrogen-bond acceptors (Lipinski definition) is 4. The van der Waals surface area contributed by atoms with Gasteiger partial charge in [-0.1, -0.05) is 36.4 Å². The van der Waals surface area contributed by atoms with E-state index >= 15 is 0 Å². The molecule has 0 N–H and O–H groups in total. The summed E-state index contributed by atoms with van der Waals surface area (Å²) in [7, 11) is 3.95. The lowest BCUT2D eigenvalue weighted by atomic mass is 9.99. The first-order chi connectivity index (χ1) is 11.0. The van der Waals surface area contributed by atoms with Crippen LogP contribution in [0.25, 0.3) is 6.08 Å². The van der Waals surface area contributed by atoms with Gasteiger partial charge in [-0.3, -0.25) is 10.1 Å². The molecule has 0 fully saturated rings. The highest BCUT2D eigenvalue weighted by Gasteiger charge is 2.09. The van der Waals surface area contributed by atoms with Gasteiger partial charge in [-0.25, -0.2) is 0 Å². The Morgan fingerprint density at radius 3 is 2.22 bits per heavy atom. The van der Waals surface area contributed by atoms with Crippen molar-refractivity contribution in [2.24, 2.45) is 0 Å². The van der Waals surface area contributed by atoms with Crippen LogP contribution in [0.1, 0.15) is 17.0 Å². The largest absolute Gasteiger partial charge is 0.378 e. The Morgan fingerprint density at radius 1 is 1.13 bits per heavy atom. The molecule has 0 saturated carbocycles. The van der Waals surface area contributed by atoms with Crippen LogP contribution >= 0.6 is 0 Å². The van der Waals surface area contributed by atoms with Gasteiger partial charge in [-0.2, -0.15) is 5.26 Å². The van der Waals surface area contributed by atoms with E-state index in [9.17, 15) is 15.4 Å². The molecule has 5 heteroatoms. The number of nitrogens with zero attached hydrogens (tertiary/aromatic N) is 3. The topological polar surface area (TPSA) is 70.2 Å². The molecule has 2 rings (SSSR count). The summed E-state index contributed by atoms with van der Waals surface area (Å²) in [5.74, 6) is -0.440. The molecule has 1 unspecified atom stereocenters. The number of nitro groups is 1. The maximum atomic E-state index is 10.7. The summed E-state index contributed by atoms with van der Waals surface area (Å²) in [5.41, 5.74) is 2.86. The van der Waals surface area contributed by atoms with Crippen molar-refractivity contribution in [2.45, 2.75) is 5.92 Å². The molecule has 0 aromatic heterocycles. The zero-order valence-electron chi connectivity index (χ0n) is 13.0. The maximum Gasteiger partial charge on any atom is 0.269 e. The molecule has 116 valence electrons. The minimum Gasteiger partial charge on any atom is -0.378 e. The third-order valence-corrected chi connectivity index (χ3v) is 3.49. The van der Waals surface area contributed by atoms with E-state index in [2.05, 4.69) is 6.07 Å². The standard InChI is InChI=1S/C18H17N3O2/c1-20(2)17-9-4-14(5-10-17)3-6-16(13-19)15-7-11-18(12-8-15)21(22)23/h3-12,16H,1-2H3/b6-3+. The number of non-ortho nitro benzene ring substituents is 1. The van der Waals surface area contributed by atoms with Crippen molar-refractivity contribution in [3.63, 3.8) is 0 Å². The SMILES string of the molecule is CN(C)c1ccc(/C=C/C(C#N)c2ccc([N+](=O)[O-])cc2)cc1. The Morgan fingerprint density at radius 2 is 1.74 bits per heavy atom. The minimum atomic E-state index is -0.451. The normalized spacial score (nSPS) is 11.9. The van der Waals surface area contributed by atoms with Gasteiger partial charge >= 0.3 is 0 Å². The van der Waals surface area contributed by atoms with E-state index in [1.54, 1.807) is 18.2 Å². The average molecular weight is 307 g/mol. The molecule has 0 amide bonds. The van der Waals surface area contributed by atoms with Crippen LogP contribution in [0.15, 0.2) is 54.6 Å². The van der Waals surface area contributed by atoms with Gasteiger partial charge in [0.25, 0.3) is 5.69 Å². The number of anilines is 1. The number of hydrogen-bond donors (Lipinski definition) is 0. The second-order valence-electron chi connectivity index (χ2n) is 5.30. The van der Waals surface area contributed by atoms with Gasteiger partial charge in [0.1, 0.15) is 0 Å². The highest BCUT2D eigenvalue weighted by atomic mass is 16.6. The Bertz CT molecular complexity index is 741. The highest BCUT2D eigenvalue weighted by Crippen LogP contribution is 2.21. The van der Waals surface area contributed by atoms with Crippen molar-refractivity contribution in [3.05, 3.63) is 75.8 Å². The summed E-state index contributed by atoms with van der Waals surface area (Å²) < 4.78 is 0. The third-order valence-electron chi connectivity index (χ3n) is 3.49. The molecule has 0 aliphatic carbocycles. The molecule has 0 radical (unpaired) electrons. The molecule has 2 aromatic carbocycles. The van der Waals surface area contributed by atoms with Gasteiger partial charge in [0.05, 0.1) is 16.9 Å². The zero-order valence-corrected chi connectivity index (χ0v) is 13.0. The molecule has 0 bridgehead atoms. The lowest BCUT2D eigenvalue weighted by Crippen LogP contribution is -2.07. The molecule has 0 saturated heterocycles. The molecular weight excluding hydrogens is 290 g/mol. The van der Waals surface area contributed by atoms with Gasteiger partial charge in [0.15, 0.2) is 0 Å². The first kappa shape index (κ1) is 16.2. The van der Waals surface area contributed by atoms with Gasteiger partial charge in [-0.15, -0.1) is 0 Å². The fraction of sp³-hybridized carbons (Fsp3) is 0.167. The number of benzene rings is 2. The smallest absolute Gasteiger partial charge is 0.269 e. The number of nitriles is 1. The highest BCUT2D eigenvalue weighted by molar-refractivity contribution is 5.57. The maximum absolute atomic E-state index is 10.7. The first-order valence-corrected chi connectivity index (χ1v) is 7.11. The van der Waals surface area contributed by atoms with Gasteiger partial charge in [-0.05, 0) is 23.3 Å². The summed E-state index contributed by atoms with van der Waals surface area (Å²) in [4.78, 5) is 12.2. The van der Waals surface area contributed by atoms with Crippen molar-refractivity contribution in [3.8, 4) is 6.07 Å². The lowest BCUT2D eigenvalue weighted by Gasteiger charge is -2.11. The second kappa shape index (κ2) is 7.23. The van der Waals surface area contributed by atoms with Crippen LogP contribution in [0.4, 0.5) is 11.4 Å². The Hall–Kier alpha value is -3.13. The van der Waals surface area contributed by atoms with Crippen molar-refractivity contribution in [1.29, 1.82) is 5.26 Å². The van der Waals surface area contributed by atoms with E-state index in [0.29, 0.717) is 0 Å². The quantitative estimate of drug-likeness (QED) is 0.618. The summed E-state index contributed by atoms with van der Waals surface area (Å²) >= 11 is 0. The van der Waals surface area contributed by atoms with Crippen LogP contribution in [-0.2, 0) is 0 Å². The number of allylic oxidation sites excluding steroid dienone is 1. The number of nitro benzene ring substituents is 1. The Kier molecular flexibility index (Phi) is 5.11. The molecule has 1 atom stereocenters. The van der Waals surface area contributed by atoms with E-state index in [-0.39, 0.29) is 5.69 Å². The van der Waals surface area contributed by atoms with Crippen LogP contribution in [0.3, 0.4) is 0 Å². The van der Waals surface area contributed by atoms with Gasteiger partial charge in [0.2, 0.25) is 0 Å². The first-order valence-electron chi connectivity index (χ1n) is 7.11. The number of rotatable bonds is 5. The van der Waals surface area contributed by atoms with Crippen LogP contribution in [0.5, 0.6) is 0 Å². The molecule has 0 spiro atoms. The predicted molar refractivity (Wildman–Crippen MR) is 91.3 cm³/mol. The minimum absolute atomic E-state index is 0.0219. The molecule has 0 aliphatic rings. The molecular formula is C18H17N3O2. The van der Waals surface area contributed by atoms with Crippen LogP contribution in [0, 0.1) is 21.4 Å². The summed E-state index contributed by atoms with van der Waals surface area (Å²) in [6.07, 6.45) is 3.68. The lowest BCUT2D eigenvalue weighted by molar-refractivity contribution is -0.384. The fourth-order valence-corrected chi connectivity index (χ4v) is 2.12. The summed E-state index contributed by atoms with van der Waals surface area (Å²) in [6.45, 7) is 0. The Balaban J connectivity index is 2.15. The van der Waals surface area contributed by atoms with Crippen LogP contribution < -0.4 is 4.90 Å². The molecule has 5 nitrogen and oxygen atoms in total. The average Bonchev–Trinajstić information content (AvgIpc) is 2.56. The summed E-state index contributed by atoms with van der Waals surface area (Å²) in [5, 5.41) is 20.0. The van der Waals surface area contributed by atoms with Crippen LogP contribution in [0.2, 0.25) is 0 Å². The molecule has 2 aromatic rings. The van der Waals surface area contributed by atoms with E-state index in [1.165, 1.54) is 12.1 Å². The Labute approximate surface area is 135 Å². The third kappa shape index (κ3) is 4.17. The van der Waals surface area contributed by atoms with Crippen LogP contribution in [-0.4, -0.2) is 19.0 Å².